The van der Waals surface area contributed by atoms with Crippen molar-refractivity contribution in [3.8, 4) is 11.4 Å². The number of carbonyl (C=O) groups is 1. The number of aromatic amines is 1. The number of benzene rings is 2. The van der Waals surface area contributed by atoms with Crippen LogP contribution in [0.25, 0.3) is 11.4 Å². The highest BCUT2D eigenvalue weighted by molar-refractivity contribution is 9.10. The maximum Gasteiger partial charge on any atom is 0.209 e. The van der Waals surface area contributed by atoms with Crippen molar-refractivity contribution in [3.63, 3.8) is 0 Å². The Morgan fingerprint density at radius 3 is 2.71 bits per heavy atom. The molecule has 4 nitrogen and oxygen atoms in total. The average molecular weight is 402 g/mol. The van der Waals surface area contributed by atoms with Crippen molar-refractivity contribution in [3.05, 3.63) is 64.1 Å². The highest BCUT2D eigenvalue weighted by Gasteiger charge is 2.11. The zero-order chi connectivity index (χ0) is 16.9. The van der Waals surface area contributed by atoms with Gasteiger partial charge < -0.3 is 0 Å². The van der Waals surface area contributed by atoms with E-state index in [-0.39, 0.29) is 5.78 Å². The van der Waals surface area contributed by atoms with E-state index in [9.17, 15) is 4.79 Å². The number of nitrogens with one attached hydrogen (secondary N) is 1. The molecule has 0 radical (unpaired) electrons. The molecule has 122 valence electrons. The van der Waals surface area contributed by atoms with Gasteiger partial charge in [-0.2, -0.15) is 0 Å². The van der Waals surface area contributed by atoms with Gasteiger partial charge in [0.1, 0.15) is 0 Å². The molecular formula is C18H16BrN3OS. The SMILES string of the molecule is CCc1ccc(-c2nc(SCC(=O)c3cccc(Br)c3)n[nH]2)cc1. The minimum atomic E-state index is 0.0555. The molecule has 0 bridgehead atoms. The number of ketones is 1. The van der Waals surface area contributed by atoms with Gasteiger partial charge in [-0.1, -0.05) is 71.0 Å². The summed E-state index contributed by atoms with van der Waals surface area (Å²) in [5.41, 5.74) is 2.96. The monoisotopic (exact) mass is 401 g/mol. The Morgan fingerprint density at radius 2 is 2.00 bits per heavy atom. The van der Waals surface area contributed by atoms with E-state index in [0.29, 0.717) is 16.5 Å². The van der Waals surface area contributed by atoms with E-state index in [1.54, 1.807) is 0 Å². The van der Waals surface area contributed by atoms with Gasteiger partial charge in [0.2, 0.25) is 5.16 Å². The predicted octanol–water partition coefficient (Wildman–Crippen LogP) is 4.77. The molecule has 1 aromatic heterocycles. The Kier molecular flexibility index (Phi) is 5.48. The minimum absolute atomic E-state index is 0.0555. The van der Waals surface area contributed by atoms with E-state index < -0.39 is 0 Å². The first-order valence-electron chi connectivity index (χ1n) is 7.59. The second kappa shape index (κ2) is 7.77. The van der Waals surface area contributed by atoms with Crippen LogP contribution in [0.5, 0.6) is 0 Å². The highest BCUT2D eigenvalue weighted by Crippen LogP contribution is 2.21. The van der Waals surface area contributed by atoms with Crippen LogP contribution >= 0.6 is 27.7 Å². The number of aryl methyl sites for hydroxylation is 1. The van der Waals surface area contributed by atoms with Crippen LogP contribution in [0.3, 0.4) is 0 Å². The van der Waals surface area contributed by atoms with Crippen molar-refractivity contribution in [2.75, 3.05) is 5.75 Å². The van der Waals surface area contributed by atoms with Gasteiger partial charge in [-0.15, -0.1) is 5.10 Å². The van der Waals surface area contributed by atoms with E-state index in [1.165, 1.54) is 17.3 Å². The number of thioether (sulfide) groups is 1. The molecule has 0 atom stereocenters. The second-order valence-corrected chi connectivity index (χ2v) is 7.10. The first-order valence-corrected chi connectivity index (χ1v) is 9.37. The molecule has 1 heterocycles. The molecule has 0 aliphatic rings. The molecule has 2 aromatic carbocycles. The number of hydrogen-bond acceptors (Lipinski definition) is 4. The maximum atomic E-state index is 12.2. The number of H-pyrrole nitrogens is 1. The molecule has 0 fully saturated rings. The van der Waals surface area contributed by atoms with Gasteiger partial charge in [-0.3, -0.25) is 9.89 Å². The lowest BCUT2D eigenvalue weighted by molar-refractivity contribution is 0.102. The summed E-state index contributed by atoms with van der Waals surface area (Å²) in [5.74, 6) is 1.08. The summed E-state index contributed by atoms with van der Waals surface area (Å²) < 4.78 is 0.897. The van der Waals surface area contributed by atoms with Crippen molar-refractivity contribution in [2.45, 2.75) is 18.5 Å². The summed E-state index contributed by atoms with van der Waals surface area (Å²) in [6.45, 7) is 2.13. The van der Waals surface area contributed by atoms with Crippen molar-refractivity contribution >= 4 is 33.5 Å². The van der Waals surface area contributed by atoms with Gasteiger partial charge >= 0.3 is 0 Å². The molecule has 0 spiro atoms. The zero-order valence-corrected chi connectivity index (χ0v) is 15.5. The minimum Gasteiger partial charge on any atom is -0.293 e. The van der Waals surface area contributed by atoms with Gasteiger partial charge in [-0.25, -0.2) is 4.98 Å². The van der Waals surface area contributed by atoms with Crippen LogP contribution in [0.4, 0.5) is 0 Å². The van der Waals surface area contributed by atoms with Gasteiger partial charge in [0.25, 0.3) is 0 Å². The van der Waals surface area contributed by atoms with Crippen LogP contribution in [-0.4, -0.2) is 26.7 Å². The van der Waals surface area contributed by atoms with Crippen LogP contribution in [-0.2, 0) is 6.42 Å². The second-order valence-electron chi connectivity index (χ2n) is 5.24. The van der Waals surface area contributed by atoms with Gasteiger partial charge in [0.15, 0.2) is 11.6 Å². The lowest BCUT2D eigenvalue weighted by Crippen LogP contribution is -2.02. The summed E-state index contributed by atoms with van der Waals surface area (Å²) in [4.78, 5) is 16.7. The Balaban J connectivity index is 1.64. The number of nitrogens with zero attached hydrogens (tertiary/aromatic N) is 2. The molecule has 0 unspecified atom stereocenters. The number of aromatic nitrogens is 3. The molecule has 0 aliphatic heterocycles. The molecular weight excluding hydrogens is 386 g/mol. The van der Waals surface area contributed by atoms with Crippen LogP contribution in [0.15, 0.2) is 58.2 Å². The third-order valence-electron chi connectivity index (χ3n) is 3.58. The van der Waals surface area contributed by atoms with Crippen molar-refractivity contribution in [1.29, 1.82) is 0 Å². The van der Waals surface area contributed by atoms with Crippen molar-refractivity contribution < 1.29 is 4.79 Å². The molecule has 0 aliphatic carbocycles. The molecule has 3 aromatic rings. The Bertz CT molecular complexity index is 845. The van der Waals surface area contributed by atoms with E-state index >= 15 is 0 Å². The van der Waals surface area contributed by atoms with Crippen LogP contribution in [0, 0.1) is 0 Å². The lowest BCUT2D eigenvalue weighted by Gasteiger charge is -2.00. The maximum absolute atomic E-state index is 12.2. The van der Waals surface area contributed by atoms with Crippen molar-refractivity contribution in [2.24, 2.45) is 0 Å². The van der Waals surface area contributed by atoms with Crippen LogP contribution in [0.1, 0.15) is 22.8 Å². The fourth-order valence-corrected chi connectivity index (χ4v) is 3.31. The smallest absolute Gasteiger partial charge is 0.209 e. The Hall–Kier alpha value is -1.92. The lowest BCUT2D eigenvalue weighted by atomic mass is 10.1. The fraction of sp³-hybridized carbons (Fsp3) is 0.167. The standard InChI is InChI=1S/C18H16BrN3OS/c1-2-12-6-8-13(9-7-12)17-20-18(22-21-17)24-11-16(23)14-4-3-5-15(19)10-14/h3-10H,2,11H2,1H3,(H,20,21,22). The number of Topliss-reactive ketones (excluding diaryl/α,β-unsaturated/α-hetero) is 1. The Labute approximate surface area is 153 Å². The van der Waals surface area contributed by atoms with Gasteiger partial charge in [0.05, 0.1) is 5.75 Å². The normalized spacial score (nSPS) is 10.8. The average Bonchev–Trinajstić information content (AvgIpc) is 3.09. The summed E-state index contributed by atoms with van der Waals surface area (Å²) in [6.07, 6.45) is 1.01. The quantitative estimate of drug-likeness (QED) is 0.477. The number of carbonyl (C=O) groups excluding carboxylic acids is 1. The zero-order valence-electron chi connectivity index (χ0n) is 13.1. The molecule has 3 rings (SSSR count). The molecule has 1 N–H and O–H groups in total. The van der Waals surface area contributed by atoms with E-state index in [1.807, 2.05) is 36.4 Å². The third kappa shape index (κ3) is 4.13. The molecule has 0 amide bonds. The van der Waals surface area contributed by atoms with E-state index in [2.05, 4.69) is 50.2 Å². The summed E-state index contributed by atoms with van der Waals surface area (Å²) in [5, 5.41) is 7.69. The van der Waals surface area contributed by atoms with Gasteiger partial charge in [0, 0.05) is 15.6 Å². The Morgan fingerprint density at radius 1 is 1.21 bits per heavy atom. The first kappa shape index (κ1) is 16.9. The topological polar surface area (TPSA) is 58.6 Å². The summed E-state index contributed by atoms with van der Waals surface area (Å²) in [7, 11) is 0. The number of hydrogen-bond donors (Lipinski definition) is 1. The summed E-state index contributed by atoms with van der Waals surface area (Å²) >= 11 is 4.71. The molecule has 0 saturated carbocycles. The number of rotatable bonds is 6. The van der Waals surface area contributed by atoms with E-state index in [0.717, 1.165) is 22.3 Å². The van der Waals surface area contributed by atoms with Crippen LogP contribution < -0.4 is 0 Å². The predicted molar refractivity (Wildman–Crippen MR) is 100 cm³/mol. The molecule has 6 heteroatoms. The van der Waals surface area contributed by atoms with Crippen molar-refractivity contribution in [1.82, 2.24) is 15.2 Å². The van der Waals surface area contributed by atoms with E-state index in [4.69, 9.17) is 0 Å². The fourth-order valence-electron chi connectivity index (χ4n) is 2.21. The first-order chi connectivity index (χ1) is 11.7. The largest absolute Gasteiger partial charge is 0.293 e. The van der Waals surface area contributed by atoms with Crippen LogP contribution in [0.2, 0.25) is 0 Å². The number of halogens is 1. The molecule has 24 heavy (non-hydrogen) atoms. The highest BCUT2D eigenvalue weighted by atomic mass is 79.9. The van der Waals surface area contributed by atoms with Gasteiger partial charge in [-0.05, 0) is 24.1 Å². The third-order valence-corrected chi connectivity index (χ3v) is 4.92. The molecule has 0 saturated heterocycles. The summed E-state index contributed by atoms with van der Waals surface area (Å²) in [6, 6.07) is 15.6.